The van der Waals surface area contributed by atoms with Gasteiger partial charge in [-0.05, 0) is 13.8 Å². The van der Waals surface area contributed by atoms with Gasteiger partial charge in [-0.2, -0.15) is 0 Å². The van der Waals surface area contributed by atoms with Gasteiger partial charge in [0.05, 0.1) is 0 Å². The topological polar surface area (TPSA) is 9.23 Å². The number of rotatable bonds is 2. The average molecular weight is 120 g/mol. The van der Waals surface area contributed by atoms with E-state index in [2.05, 4.69) is 0 Å². The maximum Gasteiger partial charge on any atom is 0.0437 e. The monoisotopic (exact) mass is 120 g/mol. The van der Waals surface area contributed by atoms with Gasteiger partial charge >= 0.3 is 0 Å². The number of hydrogen-bond acceptors (Lipinski definition) is 1. The zero-order chi connectivity index (χ0) is 6.12. The van der Waals surface area contributed by atoms with Crippen molar-refractivity contribution < 1.29 is 4.74 Å². The molecule has 1 heteroatoms. The molecule has 0 aliphatic rings. The van der Waals surface area contributed by atoms with Gasteiger partial charge in [0, 0.05) is 13.2 Å². The Kier molecular flexibility index (Phi) is 55.3. The van der Waals surface area contributed by atoms with Crippen molar-refractivity contribution in [2.75, 3.05) is 13.2 Å². The maximum atomic E-state index is 4.83. The Hall–Kier alpha value is -0.0400. The Morgan fingerprint density at radius 1 is 1.00 bits per heavy atom. The predicted octanol–water partition coefficient (Wildman–Crippen LogP) is 2.71. The fraction of sp³-hybridized carbons (Fsp3) is 1.00. The number of hydrogen-bond donors (Lipinski definition) is 0. The first-order chi connectivity index (χ1) is 3.41. The summed E-state index contributed by atoms with van der Waals surface area (Å²) in [4.78, 5) is 0. The molecule has 0 unspecified atom stereocenters. The van der Waals surface area contributed by atoms with E-state index in [0.29, 0.717) is 0 Å². The molecule has 0 atom stereocenters. The highest BCUT2D eigenvalue weighted by molar-refractivity contribution is 4.07. The Labute approximate surface area is 54.1 Å². The standard InChI is InChI=1S/C4H10O.C2H6.CH4/c1-3-5-4-2;1-2;/h3-4H2,1-2H3;1-2H3;1H4. The van der Waals surface area contributed by atoms with E-state index in [9.17, 15) is 0 Å². The Morgan fingerprint density at radius 2 is 1.25 bits per heavy atom. The van der Waals surface area contributed by atoms with Crippen LogP contribution in [0.3, 0.4) is 0 Å². The quantitative estimate of drug-likeness (QED) is 0.544. The van der Waals surface area contributed by atoms with Crippen LogP contribution in [0.1, 0.15) is 35.1 Å². The molecule has 0 aromatic heterocycles. The summed E-state index contributed by atoms with van der Waals surface area (Å²) in [5.74, 6) is 0. The van der Waals surface area contributed by atoms with Gasteiger partial charge in [0.15, 0.2) is 0 Å². The molecule has 0 rings (SSSR count). The molecule has 1 nitrogen and oxygen atoms in total. The van der Waals surface area contributed by atoms with E-state index in [4.69, 9.17) is 4.74 Å². The molecule has 0 spiro atoms. The van der Waals surface area contributed by atoms with Crippen LogP contribution in [-0.4, -0.2) is 13.2 Å². The zero-order valence-electron chi connectivity index (χ0n) is 5.82. The third-order valence-corrected chi connectivity index (χ3v) is 0.408. The molecule has 0 saturated carbocycles. The van der Waals surface area contributed by atoms with E-state index in [1.165, 1.54) is 0 Å². The minimum Gasteiger partial charge on any atom is -0.382 e. The van der Waals surface area contributed by atoms with E-state index < -0.39 is 0 Å². The van der Waals surface area contributed by atoms with Crippen LogP contribution in [0.4, 0.5) is 0 Å². The van der Waals surface area contributed by atoms with Gasteiger partial charge in [-0.3, -0.25) is 0 Å². The molecule has 0 radical (unpaired) electrons. The Morgan fingerprint density at radius 3 is 1.25 bits per heavy atom. The van der Waals surface area contributed by atoms with Gasteiger partial charge in [-0.25, -0.2) is 0 Å². The van der Waals surface area contributed by atoms with Crippen LogP contribution < -0.4 is 0 Å². The summed E-state index contributed by atoms with van der Waals surface area (Å²) in [7, 11) is 0. The van der Waals surface area contributed by atoms with Gasteiger partial charge in [-0.1, -0.05) is 21.3 Å². The zero-order valence-corrected chi connectivity index (χ0v) is 5.82. The van der Waals surface area contributed by atoms with Crippen molar-refractivity contribution in [3.8, 4) is 0 Å². The first-order valence-corrected chi connectivity index (χ1v) is 2.99. The van der Waals surface area contributed by atoms with Crippen LogP contribution in [0.5, 0.6) is 0 Å². The summed E-state index contributed by atoms with van der Waals surface area (Å²) >= 11 is 0. The van der Waals surface area contributed by atoms with E-state index in [0.717, 1.165) is 13.2 Å². The third-order valence-electron chi connectivity index (χ3n) is 0.408. The summed E-state index contributed by atoms with van der Waals surface area (Å²) in [6, 6.07) is 0. The molecule has 0 saturated heterocycles. The summed E-state index contributed by atoms with van der Waals surface area (Å²) in [5, 5.41) is 0. The summed E-state index contributed by atoms with van der Waals surface area (Å²) in [5.41, 5.74) is 0. The lowest BCUT2D eigenvalue weighted by molar-refractivity contribution is 0.162. The molecule has 0 aliphatic carbocycles. The molecule has 0 aliphatic heterocycles. The molecular formula is C7H20O. The van der Waals surface area contributed by atoms with Crippen molar-refractivity contribution in [2.24, 2.45) is 0 Å². The highest BCUT2D eigenvalue weighted by Gasteiger charge is 1.64. The lowest BCUT2D eigenvalue weighted by Crippen LogP contribution is -1.84. The van der Waals surface area contributed by atoms with Crippen LogP contribution in [0.15, 0.2) is 0 Å². The predicted molar refractivity (Wildman–Crippen MR) is 40.2 cm³/mol. The van der Waals surface area contributed by atoms with Crippen LogP contribution in [0.2, 0.25) is 0 Å². The average Bonchev–Trinajstić information content (AvgIpc) is 1.75. The van der Waals surface area contributed by atoms with Crippen LogP contribution in [0, 0.1) is 0 Å². The second-order valence-corrected chi connectivity index (χ2v) is 0.781. The lowest BCUT2D eigenvalue weighted by atomic mass is 10.8. The van der Waals surface area contributed by atoms with Gasteiger partial charge in [0.1, 0.15) is 0 Å². The Bertz CT molecular complexity index is 11.9. The van der Waals surface area contributed by atoms with Crippen LogP contribution in [0.25, 0.3) is 0 Å². The molecular weight excluding hydrogens is 100 g/mol. The van der Waals surface area contributed by atoms with E-state index in [-0.39, 0.29) is 7.43 Å². The molecule has 0 bridgehead atoms. The van der Waals surface area contributed by atoms with Gasteiger partial charge < -0.3 is 4.74 Å². The highest BCUT2D eigenvalue weighted by Crippen LogP contribution is 1.64. The summed E-state index contributed by atoms with van der Waals surface area (Å²) < 4.78 is 4.83. The molecule has 8 heavy (non-hydrogen) atoms. The van der Waals surface area contributed by atoms with E-state index >= 15 is 0 Å². The van der Waals surface area contributed by atoms with E-state index in [1.54, 1.807) is 0 Å². The third kappa shape index (κ3) is 38.2. The molecule has 54 valence electrons. The van der Waals surface area contributed by atoms with Gasteiger partial charge in [0.2, 0.25) is 0 Å². The molecule has 0 N–H and O–H groups in total. The van der Waals surface area contributed by atoms with Crippen LogP contribution >= 0.6 is 0 Å². The fourth-order valence-corrected chi connectivity index (χ4v) is 0.204. The smallest absolute Gasteiger partial charge is 0.0437 e. The normalized spacial score (nSPS) is 6.00. The Balaban J connectivity index is -0.0000000750. The first-order valence-electron chi connectivity index (χ1n) is 2.99. The maximum absolute atomic E-state index is 4.83. The molecule has 0 amide bonds. The largest absolute Gasteiger partial charge is 0.382 e. The van der Waals surface area contributed by atoms with Gasteiger partial charge in [0.25, 0.3) is 0 Å². The first kappa shape index (κ1) is 15.7. The van der Waals surface area contributed by atoms with Crippen molar-refractivity contribution in [3.63, 3.8) is 0 Å². The second kappa shape index (κ2) is 28.2. The summed E-state index contributed by atoms with van der Waals surface area (Å²) in [6.45, 7) is 9.67. The lowest BCUT2D eigenvalue weighted by Gasteiger charge is -1.86. The summed E-state index contributed by atoms with van der Waals surface area (Å²) in [6.07, 6.45) is 0. The minimum absolute atomic E-state index is 0. The van der Waals surface area contributed by atoms with Crippen molar-refractivity contribution in [1.29, 1.82) is 0 Å². The van der Waals surface area contributed by atoms with Crippen molar-refractivity contribution in [3.05, 3.63) is 0 Å². The van der Waals surface area contributed by atoms with E-state index in [1.807, 2.05) is 27.7 Å². The van der Waals surface area contributed by atoms with Crippen molar-refractivity contribution in [2.45, 2.75) is 35.1 Å². The second-order valence-electron chi connectivity index (χ2n) is 0.781. The molecule has 0 aromatic rings. The fourth-order valence-electron chi connectivity index (χ4n) is 0.204. The van der Waals surface area contributed by atoms with Crippen molar-refractivity contribution >= 4 is 0 Å². The molecule has 0 fully saturated rings. The van der Waals surface area contributed by atoms with Crippen LogP contribution in [-0.2, 0) is 4.74 Å². The highest BCUT2D eigenvalue weighted by atomic mass is 16.5. The molecule has 0 heterocycles. The number of ether oxygens (including phenoxy) is 1. The minimum atomic E-state index is 0. The molecule has 0 aromatic carbocycles. The van der Waals surface area contributed by atoms with Crippen molar-refractivity contribution in [1.82, 2.24) is 0 Å². The van der Waals surface area contributed by atoms with Gasteiger partial charge in [-0.15, -0.1) is 0 Å². The SMILES string of the molecule is C.CC.CCOCC.